The summed E-state index contributed by atoms with van der Waals surface area (Å²) in [5, 5.41) is 2.90. The molecule has 0 atom stereocenters. The maximum atomic E-state index is 12.4. The fourth-order valence-electron chi connectivity index (χ4n) is 2.52. The van der Waals surface area contributed by atoms with E-state index >= 15 is 0 Å². The van der Waals surface area contributed by atoms with Crippen LogP contribution >= 0.6 is 0 Å². The molecule has 0 radical (unpaired) electrons. The monoisotopic (exact) mass is 324 g/mol. The summed E-state index contributed by atoms with van der Waals surface area (Å²) >= 11 is 0. The predicted octanol–water partition coefficient (Wildman–Crippen LogP) is 3.60. The summed E-state index contributed by atoms with van der Waals surface area (Å²) in [6.45, 7) is 7.94. The first-order valence-electron chi connectivity index (χ1n) is 8.04. The molecule has 126 valence electrons. The number of amides is 2. The van der Waals surface area contributed by atoms with E-state index in [-0.39, 0.29) is 18.4 Å². The summed E-state index contributed by atoms with van der Waals surface area (Å²) in [6.07, 6.45) is 0. The molecule has 4 heteroatoms. The lowest BCUT2D eigenvalue weighted by Gasteiger charge is -2.22. The molecule has 24 heavy (non-hydrogen) atoms. The summed E-state index contributed by atoms with van der Waals surface area (Å²) in [6, 6.07) is 13.7. The minimum atomic E-state index is -0.188. The Labute approximate surface area is 143 Å². The van der Waals surface area contributed by atoms with Gasteiger partial charge in [-0.15, -0.1) is 0 Å². The first kappa shape index (κ1) is 17.7. The number of hydrogen-bond acceptors (Lipinski definition) is 2. The van der Waals surface area contributed by atoms with Crippen LogP contribution in [0.15, 0.2) is 42.5 Å². The summed E-state index contributed by atoms with van der Waals surface area (Å²) in [5.74, 6) is -0.304. The quantitative estimate of drug-likeness (QED) is 0.913. The van der Waals surface area contributed by atoms with Crippen LogP contribution in [0, 0.1) is 20.8 Å². The topological polar surface area (TPSA) is 49.4 Å². The van der Waals surface area contributed by atoms with Crippen LogP contribution < -0.4 is 5.32 Å². The molecule has 0 bridgehead atoms. The molecule has 0 heterocycles. The van der Waals surface area contributed by atoms with Crippen LogP contribution in [0.4, 0.5) is 5.69 Å². The van der Waals surface area contributed by atoms with E-state index in [0.717, 1.165) is 27.9 Å². The van der Waals surface area contributed by atoms with E-state index in [1.807, 2.05) is 63.2 Å². The fourth-order valence-corrected chi connectivity index (χ4v) is 2.52. The lowest BCUT2D eigenvalue weighted by atomic mass is 10.1. The van der Waals surface area contributed by atoms with Crippen molar-refractivity contribution in [2.45, 2.75) is 34.2 Å². The average molecular weight is 324 g/mol. The lowest BCUT2D eigenvalue weighted by Crippen LogP contribution is -2.36. The van der Waals surface area contributed by atoms with Crippen LogP contribution in [-0.4, -0.2) is 23.3 Å². The Hall–Kier alpha value is -2.62. The third kappa shape index (κ3) is 4.44. The van der Waals surface area contributed by atoms with E-state index in [1.165, 1.54) is 6.92 Å². The largest absolute Gasteiger partial charge is 0.329 e. The molecule has 0 aliphatic carbocycles. The summed E-state index contributed by atoms with van der Waals surface area (Å²) in [4.78, 5) is 25.8. The van der Waals surface area contributed by atoms with Crippen LogP contribution in [0.1, 0.15) is 29.2 Å². The number of aryl methyl sites for hydroxylation is 2. The molecule has 1 N–H and O–H groups in total. The second-order valence-corrected chi connectivity index (χ2v) is 6.10. The molecular weight excluding hydrogens is 300 g/mol. The van der Waals surface area contributed by atoms with Gasteiger partial charge in [-0.2, -0.15) is 0 Å². The number of anilines is 1. The van der Waals surface area contributed by atoms with Gasteiger partial charge >= 0.3 is 0 Å². The highest BCUT2D eigenvalue weighted by molar-refractivity contribution is 5.95. The van der Waals surface area contributed by atoms with Crippen LogP contribution in [-0.2, 0) is 16.1 Å². The Morgan fingerprint density at radius 3 is 2.29 bits per heavy atom. The van der Waals surface area contributed by atoms with E-state index in [9.17, 15) is 9.59 Å². The highest BCUT2D eigenvalue weighted by atomic mass is 16.2. The molecule has 0 saturated heterocycles. The number of rotatable bonds is 5. The summed E-state index contributed by atoms with van der Waals surface area (Å²) in [5.41, 5.74) is 5.11. The molecule has 0 spiro atoms. The fraction of sp³-hybridized carbons (Fsp3) is 0.300. The molecule has 0 saturated carbocycles. The predicted molar refractivity (Wildman–Crippen MR) is 96.8 cm³/mol. The molecule has 0 aliphatic rings. The lowest BCUT2D eigenvalue weighted by molar-refractivity contribution is -0.133. The Bertz CT molecular complexity index is 753. The first-order chi connectivity index (χ1) is 11.4. The van der Waals surface area contributed by atoms with Gasteiger partial charge in [-0.3, -0.25) is 9.59 Å². The van der Waals surface area contributed by atoms with Crippen molar-refractivity contribution in [2.24, 2.45) is 0 Å². The average Bonchev–Trinajstić information content (AvgIpc) is 2.53. The number of nitrogens with one attached hydrogen (secondary N) is 1. The maximum absolute atomic E-state index is 12.4. The van der Waals surface area contributed by atoms with Gasteiger partial charge in [0.1, 0.15) is 6.54 Å². The normalized spacial score (nSPS) is 10.3. The molecule has 2 aromatic carbocycles. The zero-order chi connectivity index (χ0) is 17.7. The number of benzene rings is 2. The number of carbonyl (C=O) groups excluding carboxylic acids is 2. The Morgan fingerprint density at radius 1 is 0.958 bits per heavy atom. The van der Waals surface area contributed by atoms with Gasteiger partial charge in [-0.25, -0.2) is 0 Å². The molecule has 2 aromatic rings. The van der Waals surface area contributed by atoms with Crippen LogP contribution in [0.5, 0.6) is 0 Å². The van der Waals surface area contributed by atoms with E-state index < -0.39 is 0 Å². The Morgan fingerprint density at radius 2 is 1.62 bits per heavy atom. The van der Waals surface area contributed by atoms with Crippen molar-refractivity contribution < 1.29 is 9.59 Å². The van der Waals surface area contributed by atoms with Crippen molar-refractivity contribution in [3.63, 3.8) is 0 Å². The van der Waals surface area contributed by atoms with Crippen LogP contribution in [0.3, 0.4) is 0 Å². The van der Waals surface area contributed by atoms with Gasteiger partial charge in [-0.1, -0.05) is 36.4 Å². The van der Waals surface area contributed by atoms with Crippen molar-refractivity contribution >= 4 is 17.5 Å². The summed E-state index contributed by atoms with van der Waals surface area (Å²) < 4.78 is 0. The maximum Gasteiger partial charge on any atom is 0.244 e. The molecule has 0 fully saturated rings. The van der Waals surface area contributed by atoms with E-state index in [1.54, 1.807) is 4.90 Å². The second-order valence-electron chi connectivity index (χ2n) is 6.10. The van der Waals surface area contributed by atoms with Crippen molar-refractivity contribution in [1.82, 2.24) is 4.90 Å². The first-order valence-corrected chi connectivity index (χ1v) is 8.04. The Kier molecular flexibility index (Phi) is 5.74. The minimum absolute atomic E-state index is 0.0387. The number of nitrogens with zero attached hydrogens (tertiary/aromatic N) is 1. The molecule has 4 nitrogen and oxygen atoms in total. The zero-order valence-corrected chi connectivity index (χ0v) is 14.7. The number of hydrogen-bond donors (Lipinski definition) is 1. The van der Waals surface area contributed by atoms with Crippen molar-refractivity contribution in [3.05, 3.63) is 64.7 Å². The SMILES string of the molecule is CC(=O)N(CC(=O)Nc1cccc(C)c1C)Cc1ccccc1C. The molecule has 2 rings (SSSR count). The summed E-state index contributed by atoms with van der Waals surface area (Å²) in [7, 11) is 0. The molecule has 0 unspecified atom stereocenters. The van der Waals surface area contributed by atoms with E-state index in [2.05, 4.69) is 5.32 Å². The van der Waals surface area contributed by atoms with Gasteiger partial charge in [0, 0.05) is 19.2 Å². The Balaban J connectivity index is 2.07. The van der Waals surface area contributed by atoms with Gasteiger partial charge in [-0.05, 0) is 49.1 Å². The zero-order valence-electron chi connectivity index (χ0n) is 14.7. The van der Waals surface area contributed by atoms with Crippen molar-refractivity contribution in [3.8, 4) is 0 Å². The standard InChI is InChI=1S/C20H24N2O2/c1-14-9-7-11-19(16(14)3)21-20(24)13-22(17(4)23)12-18-10-6-5-8-15(18)2/h5-11H,12-13H2,1-4H3,(H,21,24). The van der Waals surface area contributed by atoms with Gasteiger partial charge < -0.3 is 10.2 Å². The van der Waals surface area contributed by atoms with Crippen LogP contribution in [0.25, 0.3) is 0 Å². The van der Waals surface area contributed by atoms with E-state index in [0.29, 0.717) is 6.54 Å². The van der Waals surface area contributed by atoms with E-state index in [4.69, 9.17) is 0 Å². The van der Waals surface area contributed by atoms with Crippen molar-refractivity contribution in [2.75, 3.05) is 11.9 Å². The van der Waals surface area contributed by atoms with Crippen molar-refractivity contribution in [1.29, 1.82) is 0 Å². The molecular formula is C20H24N2O2. The molecule has 2 amide bonds. The van der Waals surface area contributed by atoms with Gasteiger partial charge in [0.05, 0.1) is 0 Å². The highest BCUT2D eigenvalue weighted by Crippen LogP contribution is 2.18. The van der Waals surface area contributed by atoms with Gasteiger partial charge in [0.2, 0.25) is 11.8 Å². The van der Waals surface area contributed by atoms with Gasteiger partial charge in [0.25, 0.3) is 0 Å². The van der Waals surface area contributed by atoms with Gasteiger partial charge in [0.15, 0.2) is 0 Å². The highest BCUT2D eigenvalue weighted by Gasteiger charge is 2.15. The molecule has 0 aromatic heterocycles. The smallest absolute Gasteiger partial charge is 0.244 e. The second kappa shape index (κ2) is 7.77. The molecule has 0 aliphatic heterocycles. The third-order valence-corrected chi connectivity index (χ3v) is 4.28. The van der Waals surface area contributed by atoms with Crippen LogP contribution in [0.2, 0.25) is 0 Å². The number of carbonyl (C=O) groups is 2. The minimum Gasteiger partial charge on any atom is -0.329 e. The third-order valence-electron chi connectivity index (χ3n) is 4.28.